The van der Waals surface area contributed by atoms with Crippen molar-refractivity contribution in [2.24, 2.45) is 45.1 Å². The zero-order valence-corrected chi connectivity index (χ0v) is 44.9. The fraction of sp³-hybridized carbons (Fsp3) is 0.633. The van der Waals surface area contributed by atoms with Crippen molar-refractivity contribution in [3.8, 4) is 11.5 Å². The van der Waals surface area contributed by atoms with Crippen molar-refractivity contribution < 1.29 is 62.8 Å². The minimum absolute atomic E-state index is 0.0311. The smallest absolute Gasteiger partial charge is 0.352 e. The zero-order valence-electron chi connectivity index (χ0n) is 44.9. The Balaban J connectivity index is 2.32. The molecular formula is C49H84N16O13. The van der Waals surface area contributed by atoms with E-state index in [4.69, 9.17) is 49.6 Å². The van der Waals surface area contributed by atoms with E-state index >= 15 is 0 Å². The van der Waals surface area contributed by atoms with Crippen molar-refractivity contribution in [1.82, 2.24) is 42.1 Å². The lowest BCUT2D eigenvalue weighted by Gasteiger charge is -2.30. The second kappa shape index (κ2) is 36.0. The number of guanidine groups is 1. The minimum atomic E-state index is -1.57. The summed E-state index contributed by atoms with van der Waals surface area (Å²) in [6, 6.07) is -3.73. The predicted molar refractivity (Wildman–Crippen MR) is 287 cm³/mol. The standard InChI is InChI=1S/C49H84N16O13/c1-28(59-46(73)40(36(66)26-53)64-42(69)30(54)11-4-6-20-50)41(68)58-27-39(67)60-33(13-8-22-52)47(74)65-24-10-15-35(65)45(72)62-32(18-16-29-17-19-37(77-2)38(25-29)78-3)44(71)61-31(12-5-7-21-51)43(70)63-34(48(75)76)14-9-23-57-49(55)56/h14,17,19,25,28,30-33,35-36,40,66H,4-13,15-16,18,20-24,26-27,50-54H2,1-3H3,(H,58,68)(H,59,73)(H,60,67)(H,61,71)(H,62,72)(H,63,70)(H,64,69)(H,75,76)(H4,55,56,57)/b34-14-/t28-,30-,31-,32-,33+,35-,36-,40-/m0/s1. The van der Waals surface area contributed by atoms with Crippen molar-refractivity contribution >= 4 is 59.2 Å². The number of amides is 8. The Morgan fingerprint density at radius 1 is 0.756 bits per heavy atom. The van der Waals surface area contributed by atoms with Crippen molar-refractivity contribution in [1.29, 1.82) is 0 Å². The van der Waals surface area contributed by atoms with Crippen LogP contribution >= 0.6 is 0 Å². The van der Waals surface area contributed by atoms with Crippen LogP contribution in [0, 0.1) is 0 Å². The number of hydrogen-bond donors (Lipinski definition) is 16. The summed E-state index contributed by atoms with van der Waals surface area (Å²) in [6.45, 7) is 1.14. The fourth-order valence-corrected chi connectivity index (χ4v) is 8.12. The lowest BCUT2D eigenvalue weighted by atomic mass is 10.0. The third-order valence-electron chi connectivity index (χ3n) is 12.5. The van der Waals surface area contributed by atoms with Crippen LogP contribution in [0.5, 0.6) is 11.5 Å². The molecule has 1 aromatic rings. The molecule has 0 spiro atoms. The molecule has 8 amide bonds. The van der Waals surface area contributed by atoms with E-state index in [1.807, 2.05) is 0 Å². The number of ether oxygens (including phenoxy) is 2. The Bertz CT molecular complexity index is 2210. The van der Waals surface area contributed by atoms with Gasteiger partial charge in [0.2, 0.25) is 47.3 Å². The van der Waals surface area contributed by atoms with Crippen LogP contribution in [-0.4, -0.2) is 183 Å². The highest BCUT2D eigenvalue weighted by Crippen LogP contribution is 2.28. The summed E-state index contributed by atoms with van der Waals surface area (Å²) in [5, 5.41) is 37.8. The molecule has 1 aliphatic rings. The molecule has 0 radical (unpaired) electrons. The molecular weight excluding hydrogens is 1020 g/mol. The number of unbranched alkanes of at least 4 members (excludes halogenated alkanes) is 2. The summed E-state index contributed by atoms with van der Waals surface area (Å²) in [5.41, 5.74) is 39.4. The molecule has 78 heavy (non-hydrogen) atoms. The van der Waals surface area contributed by atoms with Crippen LogP contribution in [-0.2, 0) is 49.6 Å². The largest absolute Gasteiger partial charge is 0.493 e. The summed E-state index contributed by atoms with van der Waals surface area (Å²) >= 11 is 0. The van der Waals surface area contributed by atoms with Crippen molar-refractivity contribution in [3.05, 3.63) is 35.5 Å². The van der Waals surface area contributed by atoms with Gasteiger partial charge in [-0.05, 0) is 121 Å². The lowest BCUT2D eigenvalue weighted by Crippen LogP contribution is -2.60. The predicted octanol–water partition coefficient (Wildman–Crippen LogP) is -5.42. The number of methoxy groups -OCH3 is 2. The number of carboxylic acid groups (broad SMARTS) is 1. The first kappa shape index (κ1) is 66.9. The average molecular weight is 1110 g/mol. The monoisotopic (exact) mass is 1100 g/mol. The molecule has 1 aliphatic heterocycles. The first-order valence-electron chi connectivity index (χ1n) is 26.0. The maximum atomic E-state index is 14.3. The topological polar surface area (TPSA) is 494 Å². The van der Waals surface area contributed by atoms with E-state index in [0.29, 0.717) is 55.7 Å². The molecule has 0 saturated carbocycles. The van der Waals surface area contributed by atoms with Gasteiger partial charge in [0.05, 0.1) is 32.9 Å². The summed E-state index contributed by atoms with van der Waals surface area (Å²) in [7, 11) is 2.93. The fourth-order valence-electron chi connectivity index (χ4n) is 8.12. The van der Waals surface area contributed by atoms with Gasteiger partial charge in [0, 0.05) is 19.6 Å². The van der Waals surface area contributed by atoms with Crippen LogP contribution in [0.2, 0.25) is 0 Å². The number of aliphatic carboxylic acids is 1. The van der Waals surface area contributed by atoms with E-state index in [2.05, 4.69) is 42.2 Å². The summed E-state index contributed by atoms with van der Waals surface area (Å²) < 4.78 is 10.8. The van der Waals surface area contributed by atoms with Crippen LogP contribution < -0.4 is 86.8 Å². The maximum Gasteiger partial charge on any atom is 0.352 e. The number of carbonyl (C=O) groups is 9. The molecule has 29 nitrogen and oxygen atoms in total. The van der Waals surface area contributed by atoms with Crippen LogP contribution in [0.4, 0.5) is 0 Å². The lowest BCUT2D eigenvalue weighted by molar-refractivity contribution is -0.142. The first-order chi connectivity index (χ1) is 37.2. The summed E-state index contributed by atoms with van der Waals surface area (Å²) in [4.78, 5) is 126. The molecule has 8 atom stereocenters. The van der Waals surface area contributed by atoms with Gasteiger partial charge in [-0.1, -0.05) is 18.6 Å². The van der Waals surface area contributed by atoms with Gasteiger partial charge in [-0.25, -0.2) is 4.79 Å². The minimum Gasteiger partial charge on any atom is -0.493 e. The van der Waals surface area contributed by atoms with Crippen LogP contribution in [0.1, 0.15) is 89.5 Å². The Labute approximate surface area is 454 Å². The number of likely N-dealkylation sites (tertiary alicyclic amines) is 1. The van der Waals surface area contributed by atoms with Crippen molar-refractivity contribution in [2.75, 3.05) is 60.0 Å². The van der Waals surface area contributed by atoms with Crippen LogP contribution in [0.25, 0.3) is 0 Å². The third-order valence-corrected chi connectivity index (χ3v) is 12.5. The molecule has 23 N–H and O–H groups in total. The molecule has 1 saturated heterocycles. The summed E-state index contributed by atoms with van der Waals surface area (Å²) in [6.07, 6.45) is 3.02. The highest BCUT2D eigenvalue weighted by molar-refractivity contribution is 5.99. The van der Waals surface area contributed by atoms with Crippen molar-refractivity contribution in [3.63, 3.8) is 0 Å². The van der Waals surface area contributed by atoms with Gasteiger partial charge < -0.3 is 102 Å². The van der Waals surface area contributed by atoms with Gasteiger partial charge in [-0.3, -0.25) is 43.3 Å². The number of carboxylic acids is 1. The molecule has 1 fully saturated rings. The van der Waals surface area contributed by atoms with E-state index in [1.165, 1.54) is 32.1 Å². The number of carbonyl (C=O) groups excluding carboxylic acids is 8. The van der Waals surface area contributed by atoms with Gasteiger partial charge in [-0.2, -0.15) is 0 Å². The molecule has 438 valence electrons. The maximum absolute atomic E-state index is 14.3. The van der Waals surface area contributed by atoms with Crippen molar-refractivity contribution in [2.45, 2.75) is 139 Å². The van der Waals surface area contributed by atoms with Crippen LogP contribution in [0.3, 0.4) is 0 Å². The Morgan fingerprint density at radius 2 is 1.40 bits per heavy atom. The third kappa shape index (κ3) is 23.2. The highest BCUT2D eigenvalue weighted by Gasteiger charge is 2.39. The molecule has 0 aliphatic carbocycles. The number of hydrogen-bond acceptors (Lipinski definition) is 18. The van der Waals surface area contributed by atoms with E-state index in [0.717, 1.165) is 0 Å². The number of aliphatic hydroxyl groups excluding tert-OH is 1. The molecule has 1 heterocycles. The zero-order chi connectivity index (χ0) is 58.3. The number of rotatable bonds is 37. The quantitative estimate of drug-likeness (QED) is 0.0128. The first-order valence-corrected chi connectivity index (χ1v) is 26.0. The number of nitrogens with two attached hydrogens (primary N) is 7. The van der Waals surface area contributed by atoms with Gasteiger partial charge in [0.15, 0.2) is 17.5 Å². The normalized spacial score (nSPS) is 15.9. The van der Waals surface area contributed by atoms with Gasteiger partial charge in [-0.15, -0.1) is 0 Å². The van der Waals surface area contributed by atoms with Crippen LogP contribution in [0.15, 0.2) is 35.0 Å². The Morgan fingerprint density at radius 3 is 2.01 bits per heavy atom. The molecule has 1 aromatic carbocycles. The highest BCUT2D eigenvalue weighted by atomic mass is 16.5. The molecule has 29 heteroatoms. The number of benzene rings is 1. The van der Waals surface area contributed by atoms with Gasteiger partial charge >= 0.3 is 5.97 Å². The number of aliphatic imine (C=N–C) groups is 1. The van der Waals surface area contributed by atoms with E-state index < -0.39 is 120 Å². The van der Waals surface area contributed by atoms with E-state index in [9.17, 15) is 53.4 Å². The Hall–Kier alpha value is -7.18. The number of aliphatic hydroxyl groups is 1. The number of nitrogens with zero attached hydrogens (tertiary/aromatic N) is 2. The Kier molecular flexibility index (Phi) is 30.9. The van der Waals surface area contributed by atoms with Gasteiger partial charge in [0.1, 0.15) is 41.9 Å². The molecule has 0 unspecified atom stereocenters. The molecule has 0 aromatic heterocycles. The number of nitrogens with one attached hydrogen (secondary N) is 7. The van der Waals surface area contributed by atoms with E-state index in [1.54, 1.807) is 18.2 Å². The number of aryl methyl sites for hydroxylation is 1. The average Bonchev–Trinajstić information content (AvgIpc) is 3.92. The second-order valence-corrected chi connectivity index (χ2v) is 18.5. The molecule has 2 rings (SSSR count). The van der Waals surface area contributed by atoms with Gasteiger partial charge in [0.25, 0.3) is 0 Å². The SMILES string of the molecule is COc1ccc(CC[C@H](NC(=O)[C@@H]2CCCN2C(=O)[C@@H](CCCN)NC(=O)CNC(=O)[C@H](C)NC(=O)[C@@H](NC(=O)[C@@H](N)CCCCN)[C@@H](O)CN)C(=O)N[C@@H](CCCCN)C(=O)N/C(=C\CCN=C(N)N)C(=O)O)cc1OC. The molecule has 0 bridgehead atoms. The summed E-state index contributed by atoms with van der Waals surface area (Å²) in [5.74, 6) is -7.15. The second-order valence-electron chi connectivity index (χ2n) is 18.5. The van der Waals surface area contributed by atoms with E-state index in [-0.39, 0.29) is 83.5 Å².